The maximum atomic E-state index is 13.4. The molecular formula is C26H34N4O2. The monoisotopic (exact) mass is 434 g/mol. The Hall–Kier alpha value is -2.70. The lowest BCUT2D eigenvalue weighted by Gasteiger charge is -2.39. The van der Waals surface area contributed by atoms with Crippen LogP contribution in [0.3, 0.4) is 0 Å². The molecule has 2 aliphatic heterocycles. The van der Waals surface area contributed by atoms with Gasteiger partial charge in [-0.25, -0.2) is 0 Å². The lowest BCUT2D eigenvalue weighted by Crippen LogP contribution is -2.52. The van der Waals surface area contributed by atoms with Crippen molar-refractivity contribution in [2.45, 2.75) is 32.7 Å². The van der Waals surface area contributed by atoms with Crippen molar-refractivity contribution in [1.29, 1.82) is 0 Å². The first kappa shape index (κ1) is 22.5. The van der Waals surface area contributed by atoms with E-state index >= 15 is 0 Å². The maximum absolute atomic E-state index is 13.4. The van der Waals surface area contributed by atoms with Crippen molar-refractivity contribution >= 4 is 17.5 Å². The number of likely N-dealkylation sites (tertiary alicyclic amines) is 1. The summed E-state index contributed by atoms with van der Waals surface area (Å²) in [6, 6.07) is 15.9. The largest absolute Gasteiger partial charge is 0.341 e. The van der Waals surface area contributed by atoms with Crippen molar-refractivity contribution in [3.05, 3.63) is 65.2 Å². The van der Waals surface area contributed by atoms with Crippen molar-refractivity contribution in [1.82, 2.24) is 14.7 Å². The Morgan fingerprint density at radius 2 is 1.47 bits per heavy atom. The van der Waals surface area contributed by atoms with Crippen LogP contribution >= 0.6 is 0 Å². The predicted molar refractivity (Wildman–Crippen MR) is 128 cm³/mol. The van der Waals surface area contributed by atoms with Crippen LogP contribution in [0.25, 0.3) is 0 Å². The highest BCUT2D eigenvalue weighted by Gasteiger charge is 2.34. The number of para-hydroxylation sites is 1. The topological polar surface area (TPSA) is 55.9 Å². The van der Waals surface area contributed by atoms with E-state index in [1.165, 1.54) is 0 Å². The van der Waals surface area contributed by atoms with Gasteiger partial charge < -0.3 is 10.2 Å². The van der Waals surface area contributed by atoms with Crippen LogP contribution in [0, 0.1) is 13.8 Å². The predicted octanol–water partition coefficient (Wildman–Crippen LogP) is 3.22. The first-order chi connectivity index (χ1) is 15.5. The van der Waals surface area contributed by atoms with Gasteiger partial charge in [0, 0.05) is 45.0 Å². The highest BCUT2D eigenvalue weighted by Crippen LogP contribution is 2.26. The minimum atomic E-state index is -0.236. The van der Waals surface area contributed by atoms with Gasteiger partial charge in [0.2, 0.25) is 11.8 Å². The molecule has 2 aromatic rings. The van der Waals surface area contributed by atoms with Crippen LogP contribution < -0.4 is 5.32 Å². The quantitative estimate of drug-likeness (QED) is 0.759. The molecule has 2 aliphatic rings. The molecule has 32 heavy (non-hydrogen) atoms. The average molecular weight is 435 g/mol. The number of amides is 2. The Bertz CT molecular complexity index is 912. The second-order valence-corrected chi connectivity index (χ2v) is 8.97. The van der Waals surface area contributed by atoms with E-state index in [4.69, 9.17) is 0 Å². The summed E-state index contributed by atoms with van der Waals surface area (Å²) >= 11 is 0. The lowest BCUT2D eigenvalue weighted by molar-refractivity contribution is -0.137. The fraction of sp³-hybridized carbons (Fsp3) is 0.462. The number of anilines is 1. The molecule has 0 aromatic heterocycles. The van der Waals surface area contributed by atoms with Gasteiger partial charge in [0.05, 0.1) is 6.54 Å². The van der Waals surface area contributed by atoms with Gasteiger partial charge >= 0.3 is 0 Å². The fourth-order valence-corrected chi connectivity index (χ4v) is 4.83. The van der Waals surface area contributed by atoms with E-state index in [1.807, 2.05) is 55.1 Å². The number of aryl methyl sites for hydroxylation is 2. The second kappa shape index (κ2) is 10.3. The molecule has 170 valence electrons. The Kier molecular flexibility index (Phi) is 7.22. The van der Waals surface area contributed by atoms with Gasteiger partial charge in [-0.1, -0.05) is 48.5 Å². The van der Waals surface area contributed by atoms with E-state index in [0.717, 1.165) is 74.5 Å². The molecule has 6 heteroatoms. The summed E-state index contributed by atoms with van der Waals surface area (Å²) in [7, 11) is 0. The van der Waals surface area contributed by atoms with Gasteiger partial charge in [0.1, 0.15) is 6.04 Å². The number of hydrogen-bond donors (Lipinski definition) is 1. The third-order valence-corrected chi connectivity index (χ3v) is 6.65. The van der Waals surface area contributed by atoms with Crippen LogP contribution in [0.15, 0.2) is 48.5 Å². The molecule has 0 unspecified atom stereocenters. The third kappa shape index (κ3) is 5.19. The number of hydrogen-bond acceptors (Lipinski definition) is 4. The maximum Gasteiger partial charge on any atom is 0.244 e. The minimum Gasteiger partial charge on any atom is -0.341 e. The van der Waals surface area contributed by atoms with Gasteiger partial charge in [-0.2, -0.15) is 0 Å². The van der Waals surface area contributed by atoms with E-state index in [2.05, 4.69) is 27.2 Å². The van der Waals surface area contributed by atoms with Gasteiger partial charge in [0.25, 0.3) is 0 Å². The smallest absolute Gasteiger partial charge is 0.244 e. The van der Waals surface area contributed by atoms with Crippen molar-refractivity contribution < 1.29 is 9.59 Å². The Balaban J connectivity index is 1.37. The van der Waals surface area contributed by atoms with Gasteiger partial charge in [-0.3, -0.25) is 19.4 Å². The normalized spacial score (nSPS) is 18.5. The first-order valence-corrected chi connectivity index (χ1v) is 11.7. The van der Waals surface area contributed by atoms with Crippen molar-refractivity contribution in [2.75, 3.05) is 51.1 Å². The van der Waals surface area contributed by atoms with Gasteiger partial charge in [0.15, 0.2) is 0 Å². The van der Waals surface area contributed by atoms with E-state index in [9.17, 15) is 9.59 Å². The summed E-state index contributed by atoms with van der Waals surface area (Å²) in [5, 5.41) is 3.09. The van der Waals surface area contributed by atoms with Crippen LogP contribution in [0.2, 0.25) is 0 Å². The zero-order valence-electron chi connectivity index (χ0n) is 19.2. The van der Waals surface area contributed by atoms with E-state index in [1.54, 1.807) is 0 Å². The number of nitrogens with zero attached hydrogens (tertiary/aromatic N) is 3. The van der Waals surface area contributed by atoms with E-state index in [-0.39, 0.29) is 17.9 Å². The summed E-state index contributed by atoms with van der Waals surface area (Å²) in [6.45, 7) is 9.23. The van der Waals surface area contributed by atoms with Crippen LogP contribution in [0.4, 0.5) is 5.69 Å². The Labute approximate surface area is 191 Å². The number of carbonyl (C=O) groups is 2. The highest BCUT2D eigenvalue weighted by molar-refractivity contribution is 5.93. The second-order valence-electron chi connectivity index (χ2n) is 8.97. The highest BCUT2D eigenvalue weighted by atomic mass is 16.2. The summed E-state index contributed by atoms with van der Waals surface area (Å²) in [5.74, 6) is 0.235. The molecule has 0 aliphatic carbocycles. The molecule has 1 N–H and O–H groups in total. The SMILES string of the molecule is Cc1cccc(C)c1NC(=O)CN1CCN([C@H](C(=O)N2CCCC2)c2ccccc2)CC1. The molecule has 0 spiro atoms. The first-order valence-electron chi connectivity index (χ1n) is 11.7. The molecule has 1 atom stereocenters. The molecule has 4 rings (SSSR count). The van der Waals surface area contributed by atoms with Crippen LogP contribution in [-0.4, -0.2) is 72.3 Å². The third-order valence-electron chi connectivity index (χ3n) is 6.65. The molecule has 2 aromatic carbocycles. The van der Waals surface area contributed by atoms with Gasteiger partial charge in [-0.05, 0) is 43.4 Å². The minimum absolute atomic E-state index is 0.0172. The number of rotatable bonds is 6. The Morgan fingerprint density at radius 3 is 2.09 bits per heavy atom. The lowest BCUT2D eigenvalue weighted by atomic mass is 10.0. The number of piperazine rings is 1. The van der Waals surface area contributed by atoms with E-state index < -0.39 is 0 Å². The number of benzene rings is 2. The number of carbonyl (C=O) groups excluding carboxylic acids is 2. The van der Waals surface area contributed by atoms with Crippen molar-refractivity contribution in [3.63, 3.8) is 0 Å². The molecule has 2 saturated heterocycles. The van der Waals surface area contributed by atoms with Crippen LogP contribution in [-0.2, 0) is 9.59 Å². The summed E-state index contributed by atoms with van der Waals surface area (Å²) < 4.78 is 0. The van der Waals surface area contributed by atoms with Crippen LogP contribution in [0.5, 0.6) is 0 Å². The zero-order valence-corrected chi connectivity index (χ0v) is 19.2. The van der Waals surface area contributed by atoms with Gasteiger partial charge in [-0.15, -0.1) is 0 Å². The zero-order chi connectivity index (χ0) is 22.5. The Morgan fingerprint density at radius 1 is 0.844 bits per heavy atom. The summed E-state index contributed by atoms with van der Waals surface area (Å²) in [4.78, 5) is 32.5. The molecule has 0 bridgehead atoms. The van der Waals surface area contributed by atoms with E-state index in [0.29, 0.717) is 6.54 Å². The molecule has 2 amide bonds. The molecule has 6 nitrogen and oxygen atoms in total. The van der Waals surface area contributed by atoms with Crippen LogP contribution in [0.1, 0.15) is 35.6 Å². The molecule has 0 radical (unpaired) electrons. The average Bonchev–Trinajstić information content (AvgIpc) is 3.34. The molecule has 2 heterocycles. The summed E-state index contributed by atoms with van der Waals surface area (Å²) in [5.41, 5.74) is 4.13. The standard InChI is InChI=1S/C26H34N4O2/c1-20-9-8-10-21(2)24(20)27-23(31)19-28-15-17-29(18-16-28)25(22-11-4-3-5-12-22)26(32)30-13-6-7-14-30/h3-5,8-12,25H,6-7,13-19H2,1-2H3,(H,27,31)/t25-/m0/s1. The fourth-order valence-electron chi connectivity index (χ4n) is 4.83. The summed E-state index contributed by atoms with van der Waals surface area (Å²) in [6.07, 6.45) is 2.19. The molecule has 2 fully saturated rings. The van der Waals surface area contributed by atoms with Crippen molar-refractivity contribution in [3.8, 4) is 0 Å². The molecule has 0 saturated carbocycles. The van der Waals surface area contributed by atoms with Crippen molar-refractivity contribution in [2.24, 2.45) is 0 Å². The number of nitrogens with one attached hydrogen (secondary N) is 1. The molecular weight excluding hydrogens is 400 g/mol.